The fourth-order valence-corrected chi connectivity index (χ4v) is 3.03. The van der Waals surface area contributed by atoms with Crippen LogP contribution >= 0.6 is 0 Å². The van der Waals surface area contributed by atoms with Crippen molar-refractivity contribution in [3.05, 3.63) is 0 Å². The van der Waals surface area contributed by atoms with Crippen LogP contribution in [0.5, 0.6) is 0 Å². The second kappa shape index (κ2) is 1.58. The largest absolute Gasteiger partial charge is 0.481 e. The van der Waals surface area contributed by atoms with Crippen LogP contribution in [0.1, 0.15) is 19.3 Å². The molecule has 3 nitrogen and oxygen atoms in total. The van der Waals surface area contributed by atoms with Gasteiger partial charge in [-0.25, -0.2) is 0 Å². The fourth-order valence-electron chi connectivity index (χ4n) is 3.03. The average molecular weight is 166 g/mol. The van der Waals surface area contributed by atoms with Crippen LogP contribution in [0.4, 0.5) is 0 Å². The van der Waals surface area contributed by atoms with E-state index in [9.17, 15) is 9.59 Å². The van der Waals surface area contributed by atoms with E-state index in [1.165, 1.54) is 0 Å². The quantitative estimate of drug-likeness (QED) is 0.623. The van der Waals surface area contributed by atoms with Gasteiger partial charge >= 0.3 is 5.97 Å². The molecular formula is C9H10O3. The first kappa shape index (κ1) is 6.63. The normalized spacial score (nSPS) is 46.0. The maximum absolute atomic E-state index is 11.3. The van der Waals surface area contributed by atoms with Gasteiger partial charge in [0.15, 0.2) is 0 Å². The molecule has 3 saturated carbocycles. The number of fused-ring (bicyclic) bond motifs is 2. The summed E-state index contributed by atoms with van der Waals surface area (Å²) in [5.41, 5.74) is 0.171. The molecule has 3 atom stereocenters. The van der Waals surface area contributed by atoms with Gasteiger partial charge in [-0.2, -0.15) is 0 Å². The first-order chi connectivity index (χ1) is 5.66. The highest BCUT2D eigenvalue weighted by Crippen LogP contribution is 2.74. The van der Waals surface area contributed by atoms with E-state index < -0.39 is 5.97 Å². The van der Waals surface area contributed by atoms with Gasteiger partial charge in [-0.05, 0) is 24.2 Å². The van der Waals surface area contributed by atoms with Crippen LogP contribution in [-0.4, -0.2) is 16.9 Å². The monoisotopic (exact) mass is 166 g/mol. The predicted octanol–water partition coefficient (Wildman–Crippen LogP) is 0.686. The Morgan fingerprint density at radius 1 is 1.50 bits per heavy atom. The van der Waals surface area contributed by atoms with Crippen molar-refractivity contribution in [3.63, 3.8) is 0 Å². The van der Waals surface area contributed by atoms with E-state index in [1.54, 1.807) is 0 Å². The molecule has 3 rings (SSSR count). The van der Waals surface area contributed by atoms with Crippen molar-refractivity contribution in [2.75, 3.05) is 0 Å². The number of carbonyl (C=O) groups is 2. The summed E-state index contributed by atoms with van der Waals surface area (Å²) in [6, 6.07) is 0. The van der Waals surface area contributed by atoms with E-state index in [0.717, 1.165) is 12.8 Å². The number of rotatable bonds is 1. The average Bonchev–Trinajstić information content (AvgIpc) is 2.73. The van der Waals surface area contributed by atoms with Crippen molar-refractivity contribution in [1.82, 2.24) is 0 Å². The number of Topliss-reactive ketones (excluding diaryl/α,β-unsaturated/α-hetero) is 1. The first-order valence-electron chi connectivity index (χ1n) is 4.41. The minimum absolute atomic E-state index is 0.0926. The Morgan fingerprint density at radius 2 is 2.17 bits per heavy atom. The highest BCUT2D eigenvalue weighted by atomic mass is 16.4. The summed E-state index contributed by atoms with van der Waals surface area (Å²) in [6.45, 7) is 0. The van der Waals surface area contributed by atoms with Crippen LogP contribution in [0, 0.1) is 23.2 Å². The molecule has 3 unspecified atom stereocenters. The molecule has 3 aliphatic rings. The van der Waals surface area contributed by atoms with Crippen molar-refractivity contribution < 1.29 is 14.7 Å². The molecule has 0 saturated heterocycles. The second-order valence-electron chi connectivity index (χ2n) is 4.42. The topological polar surface area (TPSA) is 54.4 Å². The highest BCUT2D eigenvalue weighted by Gasteiger charge is 2.75. The zero-order chi connectivity index (χ0) is 8.51. The van der Waals surface area contributed by atoms with E-state index in [0.29, 0.717) is 6.42 Å². The Morgan fingerprint density at radius 3 is 2.58 bits per heavy atom. The lowest BCUT2D eigenvalue weighted by Crippen LogP contribution is -2.13. The summed E-state index contributed by atoms with van der Waals surface area (Å²) < 4.78 is 0. The zero-order valence-corrected chi connectivity index (χ0v) is 6.62. The van der Waals surface area contributed by atoms with E-state index in [-0.39, 0.29) is 29.0 Å². The van der Waals surface area contributed by atoms with Gasteiger partial charge < -0.3 is 5.11 Å². The lowest BCUT2D eigenvalue weighted by molar-refractivity contribution is -0.141. The molecule has 0 radical (unpaired) electrons. The van der Waals surface area contributed by atoms with Gasteiger partial charge in [-0.3, -0.25) is 9.59 Å². The van der Waals surface area contributed by atoms with Crippen molar-refractivity contribution in [3.8, 4) is 0 Å². The summed E-state index contributed by atoms with van der Waals surface area (Å²) in [5.74, 6) is -0.726. The maximum atomic E-state index is 11.3. The standard InChI is InChI=1S/C9H10O3/c10-4-3-9(1-2-9)7-5(4)6(7)8(11)12/h5-7H,1-3H2,(H,11,12). The molecule has 0 aliphatic heterocycles. The molecule has 3 fully saturated rings. The van der Waals surface area contributed by atoms with Crippen molar-refractivity contribution in [2.24, 2.45) is 23.2 Å². The molecule has 1 spiro atoms. The Labute approximate surface area is 69.8 Å². The SMILES string of the molecule is O=C(O)C1C2C(=O)CC3(CC3)C12. The van der Waals surface area contributed by atoms with Crippen molar-refractivity contribution in [2.45, 2.75) is 19.3 Å². The summed E-state index contributed by atoms with van der Waals surface area (Å²) in [6.07, 6.45) is 2.85. The van der Waals surface area contributed by atoms with E-state index in [1.807, 2.05) is 0 Å². The number of ketones is 1. The third-order valence-electron chi connectivity index (χ3n) is 3.80. The Bertz CT molecular complexity index is 286. The summed E-state index contributed by atoms with van der Waals surface area (Å²) in [4.78, 5) is 22.0. The van der Waals surface area contributed by atoms with Crippen molar-refractivity contribution in [1.29, 1.82) is 0 Å². The zero-order valence-electron chi connectivity index (χ0n) is 6.62. The fraction of sp³-hybridized carbons (Fsp3) is 0.778. The molecule has 0 aromatic heterocycles. The number of aliphatic carboxylic acids is 1. The van der Waals surface area contributed by atoms with Gasteiger partial charge in [0.05, 0.1) is 5.92 Å². The Balaban J connectivity index is 1.92. The third kappa shape index (κ3) is 0.551. The minimum atomic E-state index is -0.760. The van der Waals surface area contributed by atoms with Gasteiger partial charge in [0, 0.05) is 12.3 Å². The molecule has 0 heterocycles. The molecule has 64 valence electrons. The molecule has 3 heteroatoms. The lowest BCUT2D eigenvalue weighted by atomic mass is 9.97. The van der Waals surface area contributed by atoms with Crippen LogP contribution in [0.15, 0.2) is 0 Å². The Hall–Kier alpha value is -0.860. The molecule has 3 aliphatic carbocycles. The summed E-state index contributed by atoms with van der Waals surface area (Å²) in [5, 5.41) is 8.78. The molecule has 0 bridgehead atoms. The molecule has 0 amide bonds. The van der Waals surface area contributed by atoms with Gasteiger partial charge in [0.25, 0.3) is 0 Å². The van der Waals surface area contributed by atoms with Gasteiger partial charge in [0.2, 0.25) is 0 Å². The van der Waals surface area contributed by atoms with Gasteiger partial charge in [0.1, 0.15) is 5.78 Å². The third-order valence-corrected chi connectivity index (χ3v) is 3.80. The summed E-state index contributed by atoms with van der Waals surface area (Å²) >= 11 is 0. The molecule has 0 aromatic carbocycles. The van der Waals surface area contributed by atoms with Gasteiger partial charge in [-0.1, -0.05) is 0 Å². The predicted molar refractivity (Wildman–Crippen MR) is 39.4 cm³/mol. The lowest BCUT2D eigenvalue weighted by Gasteiger charge is -2.07. The second-order valence-corrected chi connectivity index (χ2v) is 4.42. The smallest absolute Gasteiger partial charge is 0.307 e. The molecular weight excluding hydrogens is 156 g/mol. The van der Waals surface area contributed by atoms with Crippen LogP contribution in [0.3, 0.4) is 0 Å². The Kier molecular flexibility index (Phi) is 0.875. The highest BCUT2D eigenvalue weighted by molar-refractivity contribution is 5.96. The van der Waals surface area contributed by atoms with Crippen molar-refractivity contribution >= 4 is 11.8 Å². The van der Waals surface area contributed by atoms with Crippen LogP contribution in [-0.2, 0) is 9.59 Å². The van der Waals surface area contributed by atoms with E-state index >= 15 is 0 Å². The molecule has 12 heavy (non-hydrogen) atoms. The number of carboxylic acids is 1. The first-order valence-corrected chi connectivity index (χ1v) is 4.41. The number of hydrogen-bond acceptors (Lipinski definition) is 2. The van der Waals surface area contributed by atoms with Gasteiger partial charge in [-0.15, -0.1) is 0 Å². The summed E-state index contributed by atoms with van der Waals surface area (Å²) in [7, 11) is 0. The van der Waals surface area contributed by atoms with Crippen LogP contribution in [0.25, 0.3) is 0 Å². The number of carbonyl (C=O) groups excluding carboxylic acids is 1. The number of hydrogen-bond donors (Lipinski definition) is 1. The molecule has 1 N–H and O–H groups in total. The van der Waals surface area contributed by atoms with Crippen LogP contribution < -0.4 is 0 Å². The van der Waals surface area contributed by atoms with E-state index in [4.69, 9.17) is 5.11 Å². The minimum Gasteiger partial charge on any atom is -0.481 e. The number of carboxylic acid groups (broad SMARTS) is 1. The maximum Gasteiger partial charge on any atom is 0.307 e. The van der Waals surface area contributed by atoms with E-state index in [2.05, 4.69) is 0 Å². The van der Waals surface area contributed by atoms with Crippen LogP contribution in [0.2, 0.25) is 0 Å². The molecule has 0 aromatic rings.